The van der Waals surface area contributed by atoms with Crippen LogP contribution < -0.4 is 14.4 Å². The molecule has 0 amide bonds. The van der Waals surface area contributed by atoms with Gasteiger partial charge in [0.05, 0.1) is 11.1 Å². The lowest BCUT2D eigenvalue weighted by Gasteiger charge is -2.25. The van der Waals surface area contributed by atoms with Crippen molar-refractivity contribution in [2.45, 2.75) is 19.7 Å². The summed E-state index contributed by atoms with van der Waals surface area (Å²) in [5.41, 5.74) is 2.08. The van der Waals surface area contributed by atoms with Gasteiger partial charge >= 0.3 is 6.36 Å². The van der Waals surface area contributed by atoms with Crippen molar-refractivity contribution in [1.82, 2.24) is 0 Å². The topological polar surface area (TPSA) is 21.7 Å². The van der Waals surface area contributed by atoms with Gasteiger partial charge in [0.2, 0.25) is 0 Å². The summed E-state index contributed by atoms with van der Waals surface area (Å²) in [6.07, 6.45) is -4.25. The van der Waals surface area contributed by atoms with Crippen LogP contribution in [0.1, 0.15) is 13.3 Å². The Bertz CT molecular complexity index is 781. The molecule has 7 heteroatoms. The largest absolute Gasteiger partial charge is 0.573 e. The Morgan fingerprint density at radius 1 is 1.14 bits per heavy atom. The van der Waals surface area contributed by atoms with E-state index < -0.39 is 6.36 Å². The Morgan fingerprint density at radius 3 is 2.46 bits per heavy atom. The highest BCUT2D eigenvalue weighted by molar-refractivity contribution is 9.10. The maximum atomic E-state index is 12.6. The number of rotatable bonds is 9. The summed E-state index contributed by atoms with van der Waals surface area (Å²) in [5.74, 6) is -0.148. The van der Waals surface area contributed by atoms with Crippen LogP contribution in [0.25, 0.3) is 0 Å². The van der Waals surface area contributed by atoms with E-state index >= 15 is 0 Å². The van der Waals surface area contributed by atoms with Crippen molar-refractivity contribution in [2.24, 2.45) is 5.92 Å². The van der Waals surface area contributed by atoms with E-state index in [1.54, 1.807) is 6.07 Å². The molecule has 2 rings (SSSR count). The van der Waals surface area contributed by atoms with E-state index in [0.717, 1.165) is 17.8 Å². The SMILES string of the molecule is C=C(CCOc1c(Br)cccc1OC(F)(F)F)C(C)CN(C)c1ccccc1. The fourth-order valence-electron chi connectivity index (χ4n) is 2.69. The lowest BCUT2D eigenvalue weighted by Crippen LogP contribution is -2.25. The molecule has 0 aromatic heterocycles. The molecule has 0 aliphatic rings. The first-order valence-corrected chi connectivity index (χ1v) is 9.57. The molecule has 0 saturated heterocycles. The highest BCUT2D eigenvalue weighted by Gasteiger charge is 2.33. The summed E-state index contributed by atoms with van der Waals surface area (Å²) < 4.78 is 47.7. The molecule has 0 saturated carbocycles. The van der Waals surface area contributed by atoms with Crippen LogP contribution in [0.5, 0.6) is 11.5 Å². The van der Waals surface area contributed by atoms with Gasteiger partial charge in [-0.25, -0.2) is 0 Å². The van der Waals surface area contributed by atoms with Crippen LogP contribution in [-0.2, 0) is 0 Å². The molecule has 0 aliphatic carbocycles. The lowest BCUT2D eigenvalue weighted by molar-refractivity contribution is -0.275. The van der Waals surface area contributed by atoms with Crippen molar-refractivity contribution in [3.8, 4) is 11.5 Å². The maximum Gasteiger partial charge on any atom is 0.573 e. The third kappa shape index (κ3) is 6.78. The van der Waals surface area contributed by atoms with Gasteiger partial charge in [-0.15, -0.1) is 13.2 Å². The molecule has 2 aromatic carbocycles. The monoisotopic (exact) mass is 457 g/mol. The highest BCUT2D eigenvalue weighted by atomic mass is 79.9. The third-order valence-corrected chi connectivity index (χ3v) is 4.89. The number of ether oxygens (including phenoxy) is 2. The zero-order chi connectivity index (χ0) is 20.7. The second-order valence-electron chi connectivity index (χ2n) is 6.49. The van der Waals surface area contributed by atoms with Crippen LogP contribution in [0.4, 0.5) is 18.9 Å². The van der Waals surface area contributed by atoms with Gasteiger partial charge in [-0.1, -0.05) is 43.3 Å². The van der Waals surface area contributed by atoms with E-state index in [9.17, 15) is 13.2 Å². The molecule has 28 heavy (non-hydrogen) atoms. The van der Waals surface area contributed by atoms with Gasteiger partial charge in [0.25, 0.3) is 0 Å². The Balaban J connectivity index is 1.90. The van der Waals surface area contributed by atoms with Crippen LogP contribution >= 0.6 is 15.9 Å². The minimum Gasteiger partial charge on any atom is -0.488 e. The van der Waals surface area contributed by atoms with E-state index in [1.165, 1.54) is 12.1 Å². The summed E-state index contributed by atoms with van der Waals surface area (Å²) in [7, 11) is 2.01. The summed E-state index contributed by atoms with van der Waals surface area (Å²) in [6, 6.07) is 14.3. The molecule has 0 spiro atoms. The highest BCUT2D eigenvalue weighted by Crippen LogP contribution is 2.38. The Morgan fingerprint density at radius 2 is 1.82 bits per heavy atom. The van der Waals surface area contributed by atoms with Crippen LogP contribution in [-0.4, -0.2) is 26.6 Å². The van der Waals surface area contributed by atoms with Crippen LogP contribution in [0, 0.1) is 5.92 Å². The molecular weight excluding hydrogens is 435 g/mol. The van der Waals surface area contributed by atoms with Crippen LogP contribution in [0.3, 0.4) is 0 Å². The maximum absolute atomic E-state index is 12.6. The summed E-state index contributed by atoms with van der Waals surface area (Å²) in [5, 5.41) is 0. The van der Waals surface area contributed by atoms with E-state index in [0.29, 0.717) is 10.9 Å². The molecular formula is C21H23BrF3NO2. The fraction of sp³-hybridized carbons (Fsp3) is 0.333. The van der Waals surface area contributed by atoms with Gasteiger partial charge in [0.15, 0.2) is 11.5 Å². The predicted octanol–water partition coefficient (Wildman–Crippen LogP) is 6.45. The summed E-state index contributed by atoms with van der Waals surface area (Å²) >= 11 is 3.21. The van der Waals surface area contributed by atoms with E-state index in [-0.39, 0.29) is 24.0 Å². The summed E-state index contributed by atoms with van der Waals surface area (Å²) in [6.45, 7) is 7.16. The molecule has 0 aliphatic heterocycles. The molecule has 1 unspecified atom stereocenters. The number of halogens is 4. The molecule has 2 aromatic rings. The number of hydrogen-bond donors (Lipinski definition) is 0. The van der Waals surface area contributed by atoms with Gasteiger partial charge < -0.3 is 14.4 Å². The standard InChI is InChI=1S/C21H23BrF3NO2/c1-15(16(2)14-26(3)17-8-5-4-6-9-17)12-13-27-20-18(22)10-7-11-19(20)28-21(23,24)25/h4-11,16H,1,12-14H2,2-3H3. The minimum absolute atomic E-state index is 0.0293. The number of hydrogen-bond acceptors (Lipinski definition) is 3. The first-order valence-electron chi connectivity index (χ1n) is 8.78. The van der Waals surface area contributed by atoms with Crippen LogP contribution in [0.2, 0.25) is 0 Å². The quantitative estimate of drug-likeness (QED) is 0.404. The Kier molecular flexibility index (Phi) is 7.80. The van der Waals surface area contributed by atoms with Crippen molar-refractivity contribution in [3.05, 3.63) is 65.2 Å². The third-order valence-electron chi connectivity index (χ3n) is 4.27. The second kappa shape index (κ2) is 9.87. The number of benzene rings is 2. The summed E-state index contributed by atoms with van der Waals surface area (Å²) in [4.78, 5) is 2.14. The molecule has 1 atom stereocenters. The molecule has 152 valence electrons. The van der Waals surface area contributed by atoms with Gasteiger partial charge in [0.1, 0.15) is 0 Å². The van der Waals surface area contributed by atoms with Crippen molar-refractivity contribution in [3.63, 3.8) is 0 Å². The number of alkyl halides is 3. The van der Waals surface area contributed by atoms with Crippen molar-refractivity contribution >= 4 is 21.6 Å². The second-order valence-corrected chi connectivity index (χ2v) is 7.34. The average Bonchev–Trinajstić information content (AvgIpc) is 2.63. The molecule has 3 nitrogen and oxygen atoms in total. The molecule has 0 heterocycles. The first-order chi connectivity index (χ1) is 13.2. The van der Waals surface area contributed by atoms with Crippen molar-refractivity contribution in [1.29, 1.82) is 0 Å². The van der Waals surface area contributed by atoms with Gasteiger partial charge in [-0.3, -0.25) is 0 Å². The van der Waals surface area contributed by atoms with E-state index in [2.05, 4.69) is 39.1 Å². The van der Waals surface area contributed by atoms with Crippen molar-refractivity contribution < 1.29 is 22.6 Å². The smallest absolute Gasteiger partial charge is 0.488 e. The minimum atomic E-state index is -4.78. The average molecular weight is 458 g/mol. The zero-order valence-corrected chi connectivity index (χ0v) is 17.4. The number of anilines is 1. The molecule has 0 radical (unpaired) electrons. The molecule has 0 fully saturated rings. The van der Waals surface area contributed by atoms with Crippen LogP contribution in [0.15, 0.2) is 65.2 Å². The van der Waals surface area contributed by atoms with Crippen molar-refractivity contribution in [2.75, 3.05) is 25.1 Å². The number of nitrogens with zero attached hydrogens (tertiary/aromatic N) is 1. The lowest BCUT2D eigenvalue weighted by atomic mass is 9.99. The van der Waals surface area contributed by atoms with E-state index in [1.807, 2.05) is 37.4 Å². The fourth-order valence-corrected chi connectivity index (χ4v) is 3.16. The predicted molar refractivity (Wildman–Crippen MR) is 109 cm³/mol. The zero-order valence-electron chi connectivity index (χ0n) is 15.8. The van der Waals surface area contributed by atoms with Gasteiger partial charge in [-0.05, 0) is 46.1 Å². The molecule has 0 N–H and O–H groups in total. The van der Waals surface area contributed by atoms with Gasteiger partial charge in [-0.2, -0.15) is 0 Å². The van der Waals surface area contributed by atoms with E-state index in [4.69, 9.17) is 4.74 Å². The Hall–Kier alpha value is -2.15. The Labute approximate surface area is 171 Å². The number of para-hydroxylation sites is 2. The molecule has 0 bridgehead atoms. The normalized spacial score (nSPS) is 12.4. The first kappa shape index (κ1) is 22.1. The van der Waals surface area contributed by atoms with Gasteiger partial charge in [0, 0.05) is 25.7 Å².